The summed E-state index contributed by atoms with van der Waals surface area (Å²) in [4.78, 5) is 1.03. The second-order valence-corrected chi connectivity index (χ2v) is 5.37. The summed E-state index contributed by atoms with van der Waals surface area (Å²) in [5, 5.41) is 11.8. The van der Waals surface area contributed by atoms with E-state index in [0.717, 1.165) is 17.0 Å². The van der Waals surface area contributed by atoms with Crippen molar-refractivity contribution >= 4 is 11.3 Å². The fraction of sp³-hybridized carbons (Fsp3) is 0.286. The molecule has 102 valence electrons. The largest absolute Gasteiger partial charge is 0.416 e. The minimum absolute atomic E-state index is 0.224. The molecule has 1 N–H and O–H groups in total. The van der Waals surface area contributed by atoms with Gasteiger partial charge in [-0.1, -0.05) is 24.3 Å². The Morgan fingerprint density at radius 3 is 2.53 bits per heavy atom. The van der Waals surface area contributed by atoms with Crippen LogP contribution in [-0.4, -0.2) is 11.2 Å². The lowest BCUT2D eigenvalue weighted by Gasteiger charge is -2.12. The summed E-state index contributed by atoms with van der Waals surface area (Å²) in [6.07, 6.45) is -4.31. The van der Waals surface area contributed by atoms with Gasteiger partial charge in [0.05, 0.1) is 11.7 Å². The molecule has 1 aromatic heterocycles. The monoisotopic (exact) mass is 286 g/mol. The van der Waals surface area contributed by atoms with Crippen LogP contribution in [0.15, 0.2) is 41.8 Å². The highest BCUT2D eigenvalue weighted by Crippen LogP contribution is 2.29. The Labute approximate surface area is 113 Å². The summed E-state index contributed by atoms with van der Waals surface area (Å²) in [7, 11) is 0. The van der Waals surface area contributed by atoms with Crippen LogP contribution in [0.5, 0.6) is 0 Å². The quantitative estimate of drug-likeness (QED) is 0.903. The topological polar surface area (TPSA) is 20.2 Å². The highest BCUT2D eigenvalue weighted by Gasteiger charge is 2.30. The molecule has 1 atom stereocenters. The Balaban J connectivity index is 2.03. The summed E-state index contributed by atoms with van der Waals surface area (Å²) in [5.41, 5.74) is -0.174. The molecule has 0 saturated heterocycles. The predicted octanol–water partition coefficient (Wildman–Crippen LogP) is 3.91. The average Bonchev–Trinajstić information content (AvgIpc) is 2.80. The summed E-state index contributed by atoms with van der Waals surface area (Å²) >= 11 is 1.53. The molecular weight excluding hydrogens is 273 g/mol. The standard InChI is InChI=1S/C14H13F3OS/c15-14(16,17)11-4-1-3-10(7-11)8-12(18)9-13-5-2-6-19-13/h1-7,12,18H,8-9H2. The van der Waals surface area contributed by atoms with Crippen LogP contribution in [0, 0.1) is 0 Å². The molecule has 19 heavy (non-hydrogen) atoms. The Kier molecular flexibility index (Phi) is 4.27. The Morgan fingerprint density at radius 1 is 1.11 bits per heavy atom. The van der Waals surface area contributed by atoms with Crippen LogP contribution in [0.2, 0.25) is 0 Å². The summed E-state index contributed by atoms with van der Waals surface area (Å²) < 4.78 is 37.6. The van der Waals surface area contributed by atoms with Gasteiger partial charge in [0.1, 0.15) is 0 Å². The highest BCUT2D eigenvalue weighted by molar-refractivity contribution is 7.09. The second-order valence-electron chi connectivity index (χ2n) is 4.34. The molecule has 0 aliphatic carbocycles. The number of aliphatic hydroxyl groups excluding tert-OH is 1. The summed E-state index contributed by atoms with van der Waals surface area (Å²) in [6.45, 7) is 0. The first kappa shape index (κ1) is 14.1. The van der Waals surface area contributed by atoms with Crippen molar-refractivity contribution in [2.45, 2.75) is 25.1 Å². The third-order valence-corrected chi connectivity index (χ3v) is 3.64. The van der Waals surface area contributed by atoms with Crippen molar-refractivity contribution in [1.29, 1.82) is 0 Å². The van der Waals surface area contributed by atoms with Crippen molar-refractivity contribution in [3.8, 4) is 0 Å². The molecule has 0 aliphatic rings. The van der Waals surface area contributed by atoms with E-state index in [-0.39, 0.29) is 6.42 Å². The van der Waals surface area contributed by atoms with E-state index in [1.165, 1.54) is 17.4 Å². The third kappa shape index (κ3) is 4.08. The number of rotatable bonds is 4. The van der Waals surface area contributed by atoms with Crippen LogP contribution in [0.1, 0.15) is 16.0 Å². The number of hydrogen-bond acceptors (Lipinski definition) is 2. The number of halogens is 3. The molecule has 0 fully saturated rings. The van der Waals surface area contributed by atoms with Crippen molar-refractivity contribution in [1.82, 2.24) is 0 Å². The predicted molar refractivity (Wildman–Crippen MR) is 69.2 cm³/mol. The van der Waals surface area contributed by atoms with Crippen LogP contribution >= 0.6 is 11.3 Å². The molecule has 0 radical (unpaired) electrons. The fourth-order valence-electron chi connectivity index (χ4n) is 1.88. The fourth-order valence-corrected chi connectivity index (χ4v) is 2.66. The maximum atomic E-state index is 12.5. The van der Waals surface area contributed by atoms with Crippen molar-refractivity contribution in [2.75, 3.05) is 0 Å². The van der Waals surface area contributed by atoms with Crippen LogP contribution in [-0.2, 0) is 19.0 Å². The first-order valence-corrected chi connectivity index (χ1v) is 6.69. The van der Waals surface area contributed by atoms with Crippen molar-refractivity contribution in [3.63, 3.8) is 0 Å². The van der Waals surface area contributed by atoms with Gasteiger partial charge in [-0.2, -0.15) is 13.2 Å². The normalized spacial score (nSPS) is 13.5. The van der Waals surface area contributed by atoms with Gasteiger partial charge in [0.25, 0.3) is 0 Å². The van der Waals surface area contributed by atoms with E-state index in [1.54, 1.807) is 6.07 Å². The van der Waals surface area contributed by atoms with E-state index in [9.17, 15) is 18.3 Å². The number of aliphatic hydroxyl groups is 1. The maximum Gasteiger partial charge on any atom is 0.416 e. The maximum absolute atomic E-state index is 12.5. The van der Waals surface area contributed by atoms with Crippen molar-refractivity contribution in [3.05, 3.63) is 57.8 Å². The van der Waals surface area contributed by atoms with Gasteiger partial charge in [-0.15, -0.1) is 11.3 Å². The van der Waals surface area contributed by atoms with Gasteiger partial charge in [-0.25, -0.2) is 0 Å². The minimum Gasteiger partial charge on any atom is -0.392 e. The zero-order valence-corrected chi connectivity index (χ0v) is 10.8. The Morgan fingerprint density at radius 2 is 1.89 bits per heavy atom. The lowest BCUT2D eigenvalue weighted by Crippen LogP contribution is -2.14. The van der Waals surface area contributed by atoms with Crippen LogP contribution in [0.25, 0.3) is 0 Å². The lowest BCUT2D eigenvalue weighted by molar-refractivity contribution is -0.137. The number of alkyl halides is 3. The van der Waals surface area contributed by atoms with Crippen molar-refractivity contribution < 1.29 is 18.3 Å². The first-order valence-electron chi connectivity index (χ1n) is 5.82. The van der Waals surface area contributed by atoms with E-state index < -0.39 is 17.8 Å². The van der Waals surface area contributed by atoms with Crippen molar-refractivity contribution in [2.24, 2.45) is 0 Å². The smallest absolute Gasteiger partial charge is 0.392 e. The van der Waals surface area contributed by atoms with Gasteiger partial charge in [-0.3, -0.25) is 0 Å². The van der Waals surface area contributed by atoms with Gasteiger partial charge < -0.3 is 5.11 Å². The van der Waals surface area contributed by atoms with E-state index in [4.69, 9.17) is 0 Å². The molecule has 2 aromatic rings. The SMILES string of the molecule is OC(Cc1cccc(C(F)(F)F)c1)Cc1cccs1. The summed E-state index contributed by atoms with van der Waals surface area (Å²) in [5.74, 6) is 0. The first-order chi connectivity index (χ1) is 8.95. The van der Waals surface area contributed by atoms with E-state index in [2.05, 4.69) is 0 Å². The zero-order valence-electron chi connectivity index (χ0n) is 10.0. The average molecular weight is 286 g/mol. The molecule has 1 aromatic carbocycles. The Hall–Kier alpha value is -1.33. The molecule has 0 saturated carbocycles. The molecule has 2 rings (SSSR count). The van der Waals surface area contributed by atoms with Crippen LogP contribution in [0.4, 0.5) is 13.2 Å². The van der Waals surface area contributed by atoms with Gasteiger partial charge in [0.2, 0.25) is 0 Å². The van der Waals surface area contributed by atoms with E-state index in [1.807, 2.05) is 17.5 Å². The number of hydrogen-bond donors (Lipinski definition) is 1. The van der Waals surface area contributed by atoms with Crippen LogP contribution in [0.3, 0.4) is 0 Å². The van der Waals surface area contributed by atoms with E-state index in [0.29, 0.717) is 12.0 Å². The minimum atomic E-state index is -4.34. The summed E-state index contributed by atoms with van der Waals surface area (Å²) in [6, 6.07) is 8.90. The molecule has 0 aliphatic heterocycles. The second kappa shape index (κ2) is 5.75. The van der Waals surface area contributed by atoms with Gasteiger partial charge in [-0.05, 0) is 29.5 Å². The molecule has 1 unspecified atom stereocenters. The molecule has 1 nitrogen and oxygen atoms in total. The van der Waals surface area contributed by atoms with Gasteiger partial charge >= 0.3 is 6.18 Å². The number of benzene rings is 1. The Bertz CT molecular complexity index is 520. The molecule has 0 amide bonds. The number of thiophene rings is 1. The molecule has 1 heterocycles. The highest BCUT2D eigenvalue weighted by atomic mass is 32.1. The molecular formula is C14H13F3OS. The molecule has 5 heteroatoms. The van der Waals surface area contributed by atoms with E-state index >= 15 is 0 Å². The van der Waals surface area contributed by atoms with Gasteiger partial charge in [0.15, 0.2) is 0 Å². The third-order valence-electron chi connectivity index (χ3n) is 2.74. The van der Waals surface area contributed by atoms with Gasteiger partial charge in [0, 0.05) is 11.3 Å². The van der Waals surface area contributed by atoms with Crippen LogP contribution < -0.4 is 0 Å². The molecule has 0 spiro atoms. The zero-order chi connectivity index (χ0) is 13.9. The molecule has 0 bridgehead atoms. The lowest BCUT2D eigenvalue weighted by atomic mass is 10.0.